The van der Waals surface area contributed by atoms with Gasteiger partial charge in [0.15, 0.2) is 9.84 Å². The lowest BCUT2D eigenvalue weighted by Gasteiger charge is -2.36. The van der Waals surface area contributed by atoms with E-state index in [0.29, 0.717) is 44.7 Å². The van der Waals surface area contributed by atoms with Gasteiger partial charge in [-0.05, 0) is 62.1 Å². The first-order valence-corrected chi connectivity index (χ1v) is 14.4. The van der Waals surface area contributed by atoms with E-state index in [-0.39, 0.29) is 34.1 Å². The van der Waals surface area contributed by atoms with Gasteiger partial charge < -0.3 is 14.8 Å². The maximum absolute atomic E-state index is 12.9. The van der Waals surface area contributed by atoms with E-state index in [1.165, 1.54) is 12.1 Å². The molecule has 2 aromatic rings. The number of carbonyl (C=O) groups is 2. The Labute approximate surface area is 212 Å². The largest absolute Gasteiger partial charge is 0.462 e. The number of amides is 1. The molecule has 196 valence electrons. The van der Waals surface area contributed by atoms with Crippen molar-refractivity contribution in [2.45, 2.75) is 63.8 Å². The topological polar surface area (TPSA) is 117 Å². The van der Waals surface area contributed by atoms with E-state index < -0.39 is 15.8 Å². The zero-order chi connectivity index (χ0) is 25.8. The average molecular weight is 518 g/mol. The number of benzene rings is 1. The van der Waals surface area contributed by atoms with Crippen LogP contribution in [0.5, 0.6) is 0 Å². The summed E-state index contributed by atoms with van der Waals surface area (Å²) in [5.74, 6) is -0.612. The number of hydrogen-bond acceptors (Lipinski definition) is 7. The third-order valence-electron chi connectivity index (χ3n) is 7.22. The maximum Gasteiger partial charge on any atom is 0.338 e. The lowest BCUT2D eigenvalue weighted by Crippen LogP contribution is -2.40. The molecule has 1 amide bonds. The van der Waals surface area contributed by atoms with Crippen LogP contribution >= 0.6 is 0 Å². The van der Waals surface area contributed by atoms with Crippen molar-refractivity contribution in [3.8, 4) is 0 Å². The molecule has 1 fully saturated rings. The van der Waals surface area contributed by atoms with Gasteiger partial charge in [0.25, 0.3) is 5.91 Å². The predicted molar refractivity (Wildman–Crippen MR) is 134 cm³/mol. The van der Waals surface area contributed by atoms with Gasteiger partial charge in [-0.25, -0.2) is 13.2 Å². The fraction of sp³-hybridized carbons (Fsp3) is 0.577. The normalized spacial score (nSPS) is 17.3. The van der Waals surface area contributed by atoms with Crippen LogP contribution in [0.3, 0.4) is 0 Å². The predicted octanol–water partition coefficient (Wildman–Crippen LogP) is 2.96. The minimum Gasteiger partial charge on any atom is -0.462 e. The lowest BCUT2D eigenvalue weighted by molar-refractivity contribution is 0.0152. The number of aromatic nitrogens is 2. The van der Waals surface area contributed by atoms with E-state index in [2.05, 4.69) is 5.32 Å². The van der Waals surface area contributed by atoms with Crippen LogP contribution in [0.1, 0.15) is 71.6 Å². The molecule has 9 nitrogen and oxygen atoms in total. The smallest absolute Gasteiger partial charge is 0.338 e. The van der Waals surface area contributed by atoms with Crippen molar-refractivity contribution < 1.29 is 27.5 Å². The second-order valence-corrected chi connectivity index (χ2v) is 11.9. The van der Waals surface area contributed by atoms with E-state index in [4.69, 9.17) is 14.6 Å². The third kappa shape index (κ3) is 5.64. The Kier molecular flexibility index (Phi) is 8.14. The van der Waals surface area contributed by atoms with Crippen LogP contribution in [-0.2, 0) is 38.7 Å². The molecular formula is C26H35N3O6S. The Morgan fingerprint density at radius 1 is 1.22 bits per heavy atom. The van der Waals surface area contributed by atoms with Crippen molar-refractivity contribution >= 4 is 21.7 Å². The molecule has 1 aromatic heterocycles. The van der Waals surface area contributed by atoms with Gasteiger partial charge in [0, 0.05) is 26.3 Å². The molecule has 1 N–H and O–H groups in total. The number of unbranched alkanes of at least 4 members (excludes halogenated alkanes) is 1. The zero-order valence-electron chi connectivity index (χ0n) is 21.0. The van der Waals surface area contributed by atoms with E-state index in [1.807, 2.05) is 11.6 Å². The van der Waals surface area contributed by atoms with Crippen LogP contribution in [0.15, 0.2) is 29.2 Å². The number of esters is 1. The van der Waals surface area contributed by atoms with Crippen LogP contribution in [0.4, 0.5) is 0 Å². The van der Waals surface area contributed by atoms with Gasteiger partial charge in [0.05, 0.1) is 39.8 Å². The molecule has 0 atom stereocenters. The van der Waals surface area contributed by atoms with Crippen molar-refractivity contribution in [1.29, 1.82) is 0 Å². The summed E-state index contributed by atoms with van der Waals surface area (Å²) in [6, 6.07) is 5.95. The van der Waals surface area contributed by atoms with Crippen molar-refractivity contribution in [3.63, 3.8) is 0 Å². The SMILES string of the molecule is CCc1nn(CCCCOC(=O)c2cccc(S(=O)(=O)CC)c2)c2c1C(=O)NCC1(CCOCC1)C2. The number of nitrogens with one attached hydrogen (secondary N) is 1. The van der Waals surface area contributed by atoms with Gasteiger partial charge in [-0.15, -0.1) is 0 Å². The monoisotopic (exact) mass is 517 g/mol. The van der Waals surface area contributed by atoms with Crippen molar-refractivity contribution in [1.82, 2.24) is 15.1 Å². The summed E-state index contributed by atoms with van der Waals surface area (Å²) in [4.78, 5) is 25.5. The van der Waals surface area contributed by atoms with Crippen molar-refractivity contribution in [2.75, 3.05) is 32.1 Å². The van der Waals surface area contributed by atoms with E-state index in [1.54, 1.807) is 19.1 Å². The number of sulfone groups is 1. The minimum absolute atomic E-state index is 0.00270. The second-order valence-electron chi connectivity index (χ2n) is 9.59. The van der Waals surface area contributed by atoms with Crippen LogP contribution < -0.4 is 5.32 Å². The molecule has 3 heterocycles. The van der Waals surface area contributed by atoms with Gasteiger partial charge in [0.2, 0.25) is 0 Å². The Hall–Kier alpha value is -2.72. The summed E-state index contributed by atoms with van der Waals surface area (Å²) in [6.07, 6.45) is 4.66. The lowest BCUT2D eigenvalue weighted by atomic mass is 9.76. The highest BCUT2D eigenvalue weighted by molar-refractivity contribution is 7.91. The molecule has 0 radical (unpaired) electrons. The van der Waals surface area contributed by atoms with Crippen LogP contribution in [0.2, 0.25) is 0 Å². The van der Waals surface area contributed by atoms with Gasteiger partial charge >= 0.3 is 5.97 Å². The molecule has 0 unspecified atom stereocenters. The molecule has 4 rings (SSSR count). The standard InChI is InChI=1S/C26H35N3O6S/c1-3-21-23-22(17-26(18-27-24(23)30)10-14-34-15-11-26)29(28-21)12-5-6-13-35-25(31)19-8-7-9-20(16-19)36(32,33)4-2/h7-9,16H,3-6,10-15,17-18H2,1-2H3,(H,27,30). The number of rotatable bonds is 9. The Morgan fingerprint density at radius 2 is 2.00 bits per heavy atom. The number of ether oxygens (including phenoxy) is 2. The highest BCUT2D eigenvalue weighted by atomic mass is 32.2. The van der Waals surface area contributed by atoms with E-state index >= 15 is 0 Å². The summed E-state index contributed by atoms with van der Waals surface area (Å²) >= 11 is 0. The van der Waals surface area contributed by atoms with Crippen LogP contribution in [0, 0.1) is 5.41 Å². The van der Waals surface area contributed by atoms with Crippen molar-refractivity contribution in [3.05, 3.63) is 46.8 Å². The number of aryl methyl sites for hydroxylation is 2. The summed E-state index contributed by atoms with van der Waals surface area (Å²) in [7, 11) is -3.39. The number of carbonyl (C=O) groups excluding carboxylic acids is 2. The molecule has 1 saturated heterocycles. The first-order valence-electron chi connectivity index (χ1n) is 12.7. The summed E-state index contributed by atoms with van der Waals surface area (Å²) in [5.41, 5.74) is 2.75. The first kappa shape index (κ1) is 26.3. The highest BCUT2D eigenvalue weighted by Gasteiger charge is 2.39. The quantitative estimate of drug-likeness (QED) is 0.401. The molecule has 0 bridgehead atoms. The van der Waals surface area contributed by atoms with Crippen LogP contribution in [0.25, 0.3) is 0 Å². The van der Waals surface area contributed by atoms with Gasteiger partial charge in [0.1, 0.15) is 0 Å². The first-order chi connectivity index (χ1) is 17.3. The molecule has 0 saturated carbocycles. The second kappa shape index (κ2) is 11.1. The highest BCUT2D eigenvalue weighted by Crippen LogP contribution is 2.37. The molecule has 0 aliphatic carbocycles. The molecule has 1 aromatic carbocycles. The van der Waals surface area contributed by atoms with Crippen LogP contribution in [-0.4, -0.2) is 62.2 Å². The van der Waals surface area contributed by atoms with Gasteiger partial charge in [-0.2, -0.15) is 5.10 Å². The van der Waals surface area contributed by atoms with E-state index in [9.17, 15) is 18.0 Å². The summed E-state index contributed by atoms with van der Waals surface area (Å²) in [5, 5.41) is 7.89. The number of nitrogens with zero attached hydrogens (tertiary/aromatic N) is 2. The summed E-state index contributed by atoms with van der Waals surface area (Å²) < 4.78 is 37.1. The fourth-order valence-corrected chi connectivity index (χ4v) is 5.88. The Morgan fingerprint density at radius 3 is 2.72 bits per heavy atom. The number of fused-ring (bicyclic) bond motifs is 1. The van der Waals surface area contributed by atoms with E-state index in [0.717, 1.165) is 37.1 Å². The Bertz CT molecular complexity index is 1210. The number of hydrogen-bond donors (Lipinski definition) is 1. The molecule has 36 heavy (non-hydrogen) atoms. The Balaban J connectivity index is 1.37. The van der Waals surface area contributed by atoms with Gasteiger partial charge in [-0.3, -0.25) is 9.48 Å². The molecule has 2 aliphatic rings. The zero-order valence-corrected chi connectivity index (χ0v) is 21.9. The molecule has 1 spiro atoms. The molecule has 10 heteroatoms. The molecule has 2 aliphatic heterocycles. The maximum atomic E-state index is 12.9. The van der Waals surface area contributed by atoms with Crippen molar-refractivity contribution in [2.24, 2.45) is 5.41 Å². The average Bonchev–Trinajstić information content (AvgIpc) is 3.17. The minimum atomic E-state index is -3.39. The molecular weight excluding hydrogens is 482 g/mol. The summed E-state index contributed by atoms with van der Waals surface area (Å²) in [6.45, 7) is 6.49. The van der Waals surface area contributed by atoms with Gasteiger partial charge in [-0.1, -0.05) is 19.9 Å². The third-order valence-corrected chi connectivity index (χ3v) is 8.95. The fourth-order valence-electron chi connectivity index (χ4n) is 4.95.